The lowest BCUT2D eigenvalue weighted by atomic mass is 10.0. The summed E-state index contributed by atoms with van der Waals surface area (Å²) in [6.07, 6.45) is 3.65. The fourth-order valence-corrected chi connectivity index (χ4v) is 1.67. The van der Waals surface area contributed by atoms with Crippen LogP contribution in [0.3, 0.4) is 0 Å². The van der Waals surface area contributed by atoms with Gasteiger partial charge in [-0.1, -0.05) is 11.2 Å². The van der Waals surface area contributed by atoms with Gasteiger partial charge < -0.3 is 14.9 Å². The Balaban J connectivity index is 1.84. The molecule has 1 amide bonds. The number of rotatable bonds is 6. The van der Waals surface area contributed by atoms with Crippen LogP contribution in [0.5, 0.6) is 0 Å². The van der Waals surface area contributed by atoms with Gasteiger partial charge >= 0.3 is 0 Å². The lowest BCUT2D eigenvalue weighted by Gasteiger charge is -2.13. The van der Waals surface area contributed by atoms with Crippen molar-refractivity contribution in [2.45, 2.75) is 6.42 Å². The van der Waals surface area contributed by atoms with Gasteiger partial charge in [-0.05, 0) is 18.6 Å². The average Bonchev–Trinajstić information content (AvgIpc) is 2.98. The number of aromatic nitrogens is 2. The Bertz CT molecular complexity index is 499. The highest BCUT2D eigenvalue weighted by molar-refractivity contribution is 5.91. The number of pyridine rings is 1. The van der Waals surface area contributed by atoms with Gasteiger partial charge in [0, 0.05) is 37.0 Å². The second-order valence-corrected chi connectivity index (χ2v) is 4.17. The number of carbonyl (C=O) groups excluding carboxylic acids is 1. The predicted octanol–water partition coefficient (Wildman–Crippen LogP) is 0.651. The van der Waals surface area contributed by atoms with Gasteiger partial charge in [0.25, 0.3) is 5.91 Å². The summed E-state index contributed by atoms with van der Waals surface area (Å²) in [5.74, 6) is -0.390. The highest BCUT2D eigenvalue weighted by Crippen LogP contribution is 2.05. The van der Waals surface area contributed by atoms with Crippen LogP contribution in [-0.2, 0) is 6.42 Å². The van der Waals surface area contributed by atoms with Crippen molar-refractivity contribution in [2.75, 3.05) is 13.2 Å². The van der Waals surface area contributed by atoms with Crippen molar-refractivity contribution in [1.29, 1.82) is 0 Å². The molecule has 0 aromatic carbocycles. The Labute approximate surface area is 110 Å². The number of aliphatic hydroxyl groups excluding tert-OH is 1. The number of nitrogens with one attached hydrogen (secondary N) is 1. The smallest absolute Gasteiger partial charge is 0.273 e. The number of carbonyl (C=O) groups is 1. The van der Waals surface area contributed by atoms with Crippen LogP contribution in [0.15, 0.2) is 41.2 Å². The molecular formula is C13H15N3O3. The van der Waals surface area contributed by atoms with Crippen molar-refractivity contribution in [3.63, 3.8) is 0 Å². The lowest BCUT2D eigenvalue weighted by Crippen LogP contribution is -2.32. The first-order chi connectivity index (χ1) is 9.29. The Morgan fingerprint density at radius 1 is 1.42 bits per heavy atom. The largest absolute Gasteiger partial charge is 0.396 e. The molecule has 2 heterocycles. The average molecular weight is 261 g/mol. The number of aliphatic hydroxyl groups is 1. The molecule has 2 N–H and O–H groups in total. The molecule has 0 bridgehead atoms. The van der Waals surface area contributed by atoms with Crippen molar-refractivity contribution in [1.82, 2.24) is 15.5 Å². The molecule has 0 aliphatic rings. The first-order valence-electron chi connectivity index (χ1n) is 5.99. The number of hydrogen-bond donors (Lipinski definition) is 2. The van der Waals surface area contributed by atoms with Crippen LogP contribution in [0.1, 0.15) is 16.2 Å². The molecule has 0 fully saturated rings. The highest BCUT2D eigenvalue weighted by Gasteiger charge is 2.13. The van der Waals surface area contributed by atoms with E-state index in [4.69, 9.17) is 0 Å². The van der Waals surface area contributed by atoms with Crippen molar-refractivity contribution in [2.24, 2.45) is 5.92 Å². The zero-order chi connectivity index (χ0) is 13.5. The van der Waals surface area contributed by atoms with E-state index in [2.05, 4.69) is 20.0 Å². The highest BCUT2D eigenvalue weighted by atomic mass is 16.5. The third-order valence-corrected chi connectivity index (χ3v) is 2.70. The molecular weight excluding hydrogens is 246 g/mol. The van der Waals surface area contributed by atoms with Gasteiger partial charge in [0.2, 0.25) is 0 Å². The van der Waals surface area contributed by atoms with E-state index in [-0.39, 0.29) is 24.1 Å². The van der Waals surface area contributed by atoms with E-state index in [1.807, 2.05) is 18.2 Å². The monoisotopic (exact) mass is 261 g/mol. The molecule has 0 spiro atoms. The molecule has 2 aromatic heterocycles. The quantitative estimate of drug-likeness (QED) is 0.797. The summed E-state index contributed by atoms with van der Waals surface area (Å²) in [7, 11) is 0. The van der Waals surface area contributed by atoms with Gasteiger partial charge in [0.05, 0.1) is 0 Å². The minimum Gasteiger partial charge on any atom is -0.396 e. The van der Waals surface area contributed by atoms with Crippen LogP contribution in [-0.4, -0.2) is 34.3 Å². The summed E-state index contributed by atoms with van der Waals surface area (Å²) in [5.41, 5.74) is 1.12. The van der Waals surface area contributed by atoms with E-state index in [1.54, 1.807) is 6.20 Å². The molecule has 6 heteroatoms. The minimum atomic E-state index is -0.312. The SMILES string of the molecule is O=C(NCC(CO)Cc1ccccn1)c1ccon1. The molecule has 6 nitrogen and oxygen atoms in total. The third-order valence-electron chi connectivity index (χ3n) is 2.70. The van der Waals surface area contributed by atoms with Crippen molar-refractivity contribution in [3.8, 4) is 0 Å². The first kappa shape index (κ1) is 13.2. The zero-order valence-electron chi connectivity index (χ0n) is 10.3. The van der Waals surface area contributed by atoms with Gasteiger partial charge in [-0.15, -0.1) is 0 Å². The van der Waals surface area contributed by atoms with Crippen LogP contribution < -0.4 is 5.32 Å². The molecule has 0 aliphatic heterocycles. The van der Waals surface area contributed by atoms with E-state index >= 15 is 0 Å². The summed E-state index contributed by atoms with van der Waals surface area (Å²) >= 11 is 0. The van der Waals surface area contributed by atoms with Crippen LogP contribution in [0.2, 0.25) is 0 Å². The number of hydrogen-bond acceptors (Lipinski definition) is 5. The maximum Gasteiger partial charge on any atom is 0.273 e. The Kier molecular flexibility index (Phi) is 4.63. The Morgan fingerprint density at radius 3 is 2.95 bits per heavy atom. The number of nitrogens with zero attached hydrogens (tertiary/aromatic N) is 2. The third kappa shape index (κ3) is 3.89. The molecule has 0 aliphatic carbocycles. The van der Waals surface area contributed by atoms with E-state index in [0.717, 1.165) is 5.69 Å². The molecule has 1 atom stereocenters. The van der Waals surface area contributed by atoms with Crippen LogP contribution in [0, 0.1) is 5.92 Å². The van der Waals surface area contributed by atoms with E-state index in [1.165, 1.54) is 12.3 Å². The Hall–Kier alpha value is -2.21. The van der Waals surface area contributed by atoms with Crippen molar-refractivity contribution in [3.05, 3.63) is 48.1 Å². The van der Waals surface area contributed by atoms with Gasteiger partial charge in [-0.25, -0.2) is 0 Å². The van der Waals surface area contributed by atoms with Crippen LogP contribution >= 0.6 is 0 Å². The van der Waals surface area contributed by atoms with Crippen molar-refractivity contribution >= 4 is 5.91 Å². The Morgan fingerprint density at radius 2 is 2.32 bits per heavy atom. The first-order valence-corrected chi connectivity index (χ1v) is 5.99. The topological polar surface area (TPSA) is 88.2 Å². The van der Waals surface area contributed by atoms with Crippen LogP contribution in [0.4, 0.5) is 0 Å². The minimum absolute atomic E-state index is 0.0182. The van der Waals surface area contributed by atoms with Gasteiger partial charge in [0.15, 0.2) is 5.69 Å². The molecule has 2 rings (SSSR count). The van der Waals surface area contributed by atoms with Crippen molar-refractivity contribution < 1.29 is 14.4 Å². The van der Waals surface area contributed by atoms with Gasteiger partial charge in [0.1, 0.15) is 6.26 Å². The zero-order valence-corrected chi connectivity index (χ0v) is 10.3. The lowest BCUT2D eigenvalue weighted by molar-refractivity contribution is 0.0930. The van der Waals surface area contributed by atoms with E-state index < -0.39 is 0 Å². The van der Waals surface area contributed by atoms with Crippen LogP contribution in [0.25, 0.3) is 0 Å². The second kappa shape index (κ2) is 6.65. The molecule has 1 unspecified atom stereocenters. The summed E-state index contributed by atoms with van der Waals surface area (Å²) in [5, 5.41) is 15.6. The molecule has 0 saturated heterocycles. The van der Waals surface area contributed by atoms with Gasteiger partial charge in [-0.3, -0.25) is 9.78 Å². The van der Waals surface area contributed by atoms with E-state index in [9.17, 15) is 9.90 Å². The van der Waals surface area contributed by atoms with E-state index in [0.29, 0.717) is 13.0 Å². The fourth-order valence-electron chi connectivity index (χ4n) is 1.67. The molecule has 0 saturated carbocycles. The fraction of sp³-hybridized carbons (Fsp3) is 0.308. The predicted molar refractivity (Wildman–Crippen MR) is 67.4 cm³/mol. The summed E-state index contributed by atoms with van der Waals surface area (Å²) in [6.45, 7) is 0.342. The molecule has 0 radical (unpaired) electrons. The molecule has 100 valence electrons. The summed E-state index contributed by atoms with van der Waals surface area (Å²) < 4.78 is 4.59. The molecule has 19 heavy (non-hydrogen) atoms. The molecule has 2 aromatic rings. The summed E-state index contributed by atoms with van der Waals surface area (Å²) in [4.78, 5) is 15.8. The number of amides is 1. The normalized spacial score (nSPS) is 12.1. The maximum absolute atomic E-state index is 11.6. The van der Waals surface area contributed by atoms with Gasteiger partial charge in [-0.2, -0.15) is 0 Å². The maximum atomic E-state index is 11.6. The second-order valence-electron chi connectivity index (χ2n) is 4.17. The summed E-state index contributed by atoms with van der Waals surface area (Å²) in [6, 6.07) is 7.11. The standard InChI is InChI=1S/C13H15N3O3/c17-9-10(7-11-3-1-2-5-14-11)8-15-13(18)12-4-6-19-16-12/h1-6,10,17H,7-9H2,(H,15,18).